The molecule has 0 aliphatic rings. The van der Waals surface area contributed by atoms with Crippen LogP contribution in [0, 0.1) is 0 Å². The number of aliphatic hydroxyl groups excluding tert-OH is 2. The number of nitrogens with one attached hydrogen (secondary N) is 1. The van der Waals surface area contributed by atoms with Gasteiger partial charge in [-0.15, -0.1) is 0 Å². The highest BCUT2D eigenvalue weighted by atomic mass is 16.5. The van der Waals surface area contributed by atoms with Crippen molar-refractivity contribution in [1.29, 1.82) is 0 Å². The third-order valence-electron chi connectivity index (χ3n) is 14.2. The summed E-state index contributed by atoms with van der Waals surface area (Å²) in [5.41, 5.74) is 0. The smallest absolute Gasteiger partial charge is 0.305 e. The Morgan fingerprint density at radius 1 is 0.397 bits per heavy atom. The molecule has 1 amide bonds. The van der Waals surface area contributed by atoms with Gasteiger partial charge in [-0.1, -0.05) is 269 Å². The summed E-state index contributed by atoms with van der Waals surface area (Å²) < 4.78 is 5.46. The van der Waals surface area contributed by atoms with Crippen LogP contribution in [0.15, 0.2) is 24.3 Å². The van der Waals surface area contributed by atoms with Crippen molar-refractivity contribution in [2.75, 3.05) is 13.2 Å². The quantitative estimate of drug-likeness (QED) is 0.0321. The highest BCUT2D eigenvalue weighted by Crippen LogP contribution is 2.17. The third-order valence-corrected chi connectivity index (χ3v) is 14.2. The Balaban J connectivity index is 3.39. The van der Waals surface area contributed by atoms with Gasteiger partial charge in [0.2, 0.25) is 5.91 Å². The Morgan fingerprint density at radius 2 is 0.691 bits per heavy atom. The number of carbonyl (C=O) groups excluding carboxylic acids is 2. The topological polar surface area (TPSA) is 95.9 Å². The molecule has 0 heterocycles. The molecule has 0 saturated carbocycles. The van der Waals surface area contributed by atoms with Crippen LogP contribution in [0.2, 0.25) is 0 Å². The first-order valence-corrected chi connectivity index (χ1v) is 30.6. The highest BCUT2D eigenvalue weighted by molar-refractivity contribution is 5.76. The molecule has 0 aromatic carbocycles. The van der Waals surface area contributed by atoms with Crippen LogP contribution in [0.4, 0.5) is 0 Å². The second-order valence-electron chi connectivity index (χ2n) is 21.0. The van der Waals surface area contributed by atoms with E-state index in [9.17, 15) is 19.8 Å². The minimum atomic E-state index is -0.665. The van der Waals surface area contributed by atoms with E-state index in [-0.39, 0.29) is 18.5 Å². The Labute approximate surface area is 424 Å². The van der Waals surface area contributed by atoms with Crippen molar-refractivity contribution in [3.63, 3.8) is 0 Å². The summed E-state index contributed by atoms with van der Waals surface area (Å²) in [5, 5.41) is 23.3. The molecule has 2 unspecified atom stereocenters. The van der Waals surface area contributed by atoms with Crippen molar-refractivity contribution >= 4 is 11.9 Å². The number of amides is 1. The van der Waals surface area contributed by atoms with Gasteiger partial charge in [-0.2, -0.15) is 0 Å². The predicted octanol–water partition coefficient (Wildman–Crippen LogP) is 19.0. The molecule has 2 atom stereocenters. The number of aliphatic hydroxyl groups is 2. The van der Waals surface area contributed by atoms with Crippen LogP contribution in [0.1, 0.15) is 335 Å². The summed E-state index contributed by atoms with van der Waals surface area (Å²) in [7, 11) is 0. The predicted molar refractivity (Wildman–Crippen MR) is 296 cm³/mol. The van der Waals surface area contributed by atoms with Gasteiger partial charge in [0.05, 0.1) is 25.4 Å². The normalized spacial score (nSPS) is 12.7. The number of carbonyl (C=O) groups is 2. The summed E-state index contributed by atoms with van der Waals surface area (Å²) in [6.07, 6.45) is 70.4. The van der Waals surface area contributed by atoms with Crippen molar-refractivity contribution in [3.05, 3.63) is 24.3 Å². The standard InChI is InChI=1S/C62H119NO5/c1-3-5-7-9-11-13-15-17-31-34-38-42-46-50-54-60(65)59(58-64)63-61(66)55-51-47-43-39-35-32-29-27-25-23-21-19-18-20-22-24-26-28-30-33-37-41-45-49-53-57-68-62(67)56-52-48-44-40-36-16-14-12-10-8-6-4-2/h12,14,19,21,59-60,64-65H,3-11,13,15-18,20,22-58H2,1-2H3,(H,63,66)/b14-12-,21-19-. The Morgan fingerprint density at radius 3 is 1.07 bits per heavy atom. The zero-order valence-corrected chi connectivity index (χ0v) is 45.9. The first kappa shape index (κ1) is 66.3. The lowest BCUT2D eigenvalue weighted by molar-refractivity contribution is -0.143. The van der Waals surface area contributed by atoms with Crippen molar-refractivity contribution in [3.8, 4) is 0 Å². The van der Waals surface area contributed by atoms with Crippen molar-refractivity contribution in [2.24, 2.45) is 0 Å². The number of esters is 1. The highest BCUT2D eigenvalue weighted by Gasteiger charge is 2.20. The van der Waals surface area contributed by atoms with E-state index in [2.05, 4.69) is 43.5 Å². The molecule has 0 rings (SSSR count). The Bertz CT molecular complexity index is 1060. The molecule has 3 N–H and O–H groups in total. The number of hydrogen-bond acceptors (Lipinski definition) is 5. The monoisotopic (exact) mass is 958 g/mol. The molecule has 0 fully saturated rings. The molecule has 0 aliphatic heterocycles. The minimum Gasteiger partial charge on any atom is -0.466 e. The SMILES string of the molecule is CCCCC/C=C\CCCCCCCC(=O)OCCCCCCCCCCCCCC/C=C\CCCCCCCCCCCC(=O)NC(CO)C(O)CCCCCCCCCCCCCCCC. The molecule has 0 bridgehead atoms. The molecular weight excluding hydrogens is 839 g/mol. The van der Waals surface area contributed by atoms with Gasteiger partial charge in [0.1, 0.15) is 0 Å². The summed E-state index contributed by atoms with van der Waals surface area (Å²) in [5.74, 6) is -0.0332. The summed E-state index contributed by atoms with van der Waals surface area (Å²) in [6, 6.07) is -0.543. The average molecular weight is 959 g/mol. The van der Waals surface area contributed by atoms with Crippen LogP contribution < -0.4 is 5.32 Å². The molecule has 402 valence electrons. The van der Waals surface area contributed by atoms with Crippen LogP contribution in [-0.4, -0.2) is 47.4 Å². The van der Waals surface area contributed by atoms with Crippen molar-refractivity contribution < 1.29 is 24.5 Å². The van der Waals surface area contributed by atoms with E-state index in [4.69, 9.17) is 4.74 Å². The van der Waals surface area contributed by atoms with Crippen LogP contribution >= 0.6 is 0 Å². The molecule has 0 saturated heterocycles. The molecule has 6 heteroatoms. The second-order valence-corrected chi connectivity index (χ2v) is 21.0. The Hall–Kier alpha value is -1.66. The van der Waals surface area contributed by atoms with Gasteiger partial charge in [-0.05, 0) is 77.0 Å². The maximum Gasteiger partial charge on any atom is 0.305 e. The van der Waals surface area contributed by atoms with E-state index >= 15 is 0 Å². The fraction of sp³-hybridized carbons (Fsp3) is 0.903. The lowest BCUT2D eigenvalue weighted by Crippen LogP contribution is -2.45. The number of hydrogen-bond donors (Lipinski definition) is 3. The van der Waals surface area contributed by atoms with E-state index in [0.717, 1.165) is 44.9 Å². The molecule has 0 spiro atoms. The van der Waals surface area contributed by atoms with Crippen LogP contribution in [-0.2, 0) is 14.3 Å². The zero-order valence-electron chi connectivity index (χ0n) is 45.9. The fourth-order valence-corrected chi connectivity index (χ4v) is 9.51. The molecule has 68 heavy (non-hydrogen) atoms. The van der Waals surface area contributed by atoms with Gasteiger partial charge in [0.25, 0.3) is 0 Å². The summed E-state index contributed by atoms with van der Waals surface area (Å²) >= 11 is 0. The van der Waals surface area contributed by atoms with Gasteiger partial charge in [0.15, 0.2) is 0 Å². The third kappa shape index (κ3) is 53.7. The van der Waals surface area contributed by atoms with E-state index in [1.54, 1.807) is 0 Å². The molecule has 0 radical (unpaired) electrons. The second kappa shape index (κ2) is 57.9. The molecule has 6 nitrogen and oxygen atoms in total. The van der Waals surface area contributed by atoms with E-state index in [0.29, 0.717) is 25.9 Å². The van der Waals surface area contributed by atoms with Gasteiger partial charge >= 0.3 is 5.97 Å². The van der Waals surface area contributed by atoms with Crippen molar-refractivity contribution in [2.45, 2.75) is 347 Å². The van der Waals surface area contributed by atoms with Gasteiger partial charge in [-0.25, -0.2) is 0 Å². The van der Waals surface area contributed by atoms with Gasteiger partial charge < -0.3 is 20.3 Å². The minimum absolute atomic E-state index is 0.00352. The number of allylic oxidation sites excluding steroid dienone is 4. The fourth-order valence-electron chi connectivity index (χ4n) is 9.51. The van der Waals surface area contributed by atoms with Crippen LogP contribution in [0.25, 0.3) is 0 Å². The number of unbranched alkanes of at least 4 members (excludes halogenated alkanes) is 42. The first-order valence-electron chi connectivity index (χ1n) is 30.6. The lowest BCUT2D eigenvalue weighted by Gasteiger charge is -2.22. The number of ether oxygens (including phenoxy) is 1. The molecule has 0 aromatic rings. The van der Waals surface area contributed by atoms with E-state index in [1.165, 1.54) is 257 Å². The Kier molecular flexibility index (Phi) is 56.5. The summed E-state index contributed by atoms with van der Waals surface area (Å²) in [6.45, 7) is 4.94. The molecular formula is C62H119NO5. The zero-order chi connectivity index (χ0) is 49.3. The van der Waals surface area contributed by atoms with Gasteiger partial charge in [-0.3, -0.25) is 9.59 Å². The number of rotatable bonds is 57. The van der Waals surface area contributed by atoms with Crippen molar-refractivity contribution in [1.82, 2.24) is 5.32 Å². The first-order chi connectivity index (χ1) is 33.5. The lowest BCUT2D eigenvalue weighted by atomic mass is 10.0. The largest absolute Gasteiger partial charge is 0.466 e. The molecule has 0 aromatic heterocycles. The maximum absolute atomic E-state index is 12.5. The summed E-state index contributed by atoms with van der Waals surface area (Å²) in [4.78, 5) is 24.5. The van der Waals surface area contributed by atoms with E-state index < -0.39 is 12.1 Å². The average Bonchev–Trinajstić information content (AvgIpc) is 3.34. The molecule has 0 aliphatic carbocycles. The van der Waals surface area contributed by atoms with E-state index in [1.807, 2.05) is 0 Å². The van der Waals surface area contributed by atoms with Crippen LogP contribution in [0.3, 0.4) is 0 Å². The van der Waals surface area contributed by atoms with Crippen LogP contribution in [0.5, 0.6) is 0 Å². The maximum atomic E-state index is 12.5. The van der Waals surface area contributed by atoms with Gasteiger partial charge in [0, 0.05) is 12.8 Å².